The molecule has 1 unspecified atom stereocenters. The topological polar surface area (TPSA) is 35.5 Å². The summed E-state index contributed by atoms with van der Waals surface area (Å²) in [5, 5.41) is 0.279. The Balaban J connectivity index is 4.23. The molecule has 0 saturated heterocycles. The van der Waals surface area contributed by atoms with E-state index >= 15 is 0 Å². The van der Waals surface area contributed by atoms with Crippen molar-refractivity contribution in [3.63, 3.8) is 0 Å². The van der Waals surface area contributed by atoms with Crippen LogP contribution in [0.15, 0.2) is 0 Å². The van der Waals surface area contributed by atoms with Gasteiger partial charge in [0, 0.05) is 12.5 Å². The Morgan fingerprint density at radius 2 is 1.33 bits per heavy atom. The number of unbranched alkanes of at least 4 members (excludes halogenated alkanes) is 8. The van der Waals surface area contributed by atoms with Crippen molar-refractivity contribution >= 4 is 14.3 Å². The van der Waals surface area contributed by atoms with Crippen molar-refractivity contribution in [1.82, 2.24) is 0 Å². The first-order valence-corrected chi connectivity index (χ1v) is 14.3. The summed E-state index contributed by atoms with van der Waals surface area (Å²) in [4.78, 5) is 11.1. The van der Waals surface area contributed by atoms with Gasteiger partial charge < -0.3 is 9.16 Å². The van der Waals surface area contributed by atoms with E-state index < -0.39 is 8.32 Å². The molecular weight excluding hydrogens is 352 g/mol. The summed E-state index contributed by atoms with van der Waals surface area (Å²) in [6.07, 6.45) is 15.9. The van der Waals surface area contributed by atoms with Gasteiger partial charge in [0.2, 0.25) is 0 Å². The van der Waals surface area contributed by atoms with E-state index in [4.69, 9.17) is 9.16 Å². The highest BCUT2D eigenvalue weighted by atomic mass is 28.4. The van der Waals surface area contributed by atoms with Crippen molar-refractivity contribution < 1.29 is 14.0 Å². The molecule has 0 radical (unpaired) electrons. The molecule has 0 aliphatic rings. The first-order chi connectivity index (χ1) is 12.6. The zero-order valence-corrected chi connectivity index (χ0v) is 20.5. The molecule has 1 atom stereocenters. The first-order valence-electron chi connectivity index (χ1n) is 11.4. The molecule has 0 aliphatic heterocycles. The minimum absolute atomic E-state index is 0.0825. The van der Waals surface area contributed by atoms with Crippen LogP contribution in [0, 0.1) is 0 Å². The summed E-state index contributed by atoms with van der Waals surface area (Å²) in [7, 11) is -0.227. The predicted molar refractivity (Wildman–Crippen MR) is 120 cm³/mol. The van der Waals surface area contributed by atoms with Crippen molar-refractivity contribution in [2.45, 2.75) is 135 Å². The molecule has 0 aliphatic carbocycles. The molecule has 0 aromatic rings. The molecule has 0 N–H and O–H groups in total. The second-order valence-corrected chi connectivity index (χ2v) is 14.3. The van der Waals surface area contributed by atoms with Gasteiger partial charge in [-0.15, -0.1) is 0 Å². The molecule has 162 valence electrons. The second-order valence-electron chi connectivity index (χ2n) is 9.59. The third-order valence-electron chi connectivity index (χ3n) is 6.03. The van der Waals surface area contributed by atoms with Gasteiger partial charge in [-0.3, -0.25) is 4.79 Å². The fraction of sp³-hybridized carbons (Fsp3) is 0.957. The second kappa shape index (κ2) is 14.6. The lowest BCUT2D eigenvalue weighted by Gasteiger charge is -2.39. The number of rotatable bonds is 16. The number of esters is 1. The molecule has 0 saturated carbocycles. The lowest BCUT2D eigenvalue weighted by Crippen LogP contribution is -2.44. The number of methoxy groups -OCH3 is 1. The van der Waals surface area contributed by atoms with Crippen LogP contribution in [0.2, 0.25) is 18.1 Å². The highest BCUT2D eigenvalue weighted by Crippen LogP contribution is 2.38. The van der Waals surface area contributed by atoms with Crippen LogP contribution in [-0.4, -0.2) is 27.5 Å². The predicted octanol–water partition coefficient (Wildman–Crippen LogP) is 7.64. The molecule has 0 rings (SSSR count). The smallest absolute Gasteiger partial charge is 0.305 e. The number of ether oxygens (including phenoxy) is 1. The van der Waals surface area contributed by atoms with Crippen molar-refractivity contribution in [2.75, 3.05) is 7.11 Å². The van der Waals surface area contributed by atoms with Crippen molar-refractivity contribution in [3.05, 3.63) is 0 Å². The summed E-state index contributed by atoms with van der Waals surface area (Å²) in [6.45, 7) is 14.0. The zero-order chi connectivity index (χ0) is 20.8. The summed E-state index contributed by atoms with van der Waals surface area (Å²) in [5.74, 6) is -0.0825. The molecule has 0 heterocycles. The average Bonchev–Trinajstić information content (AvgIpc) is 2.58. The molecule has 0 amide bonds. The maximum absolute atomic E-state index is 11.1. The van der Waals surface area contributed by atoms with Gasteiger partial charge in [0.25, 0.3) is 0 Å². The summed E-state index contributed by atoms with van der Waals surface area (Å²) in [5.41, 5.74) is 0. The standard InChI is InChI=1S/C23H48O3Si/c1-8-9-10-12-15-18-21(26-27(6,7)23(2,3)4)19-16-13-11-14-17-20-22(24)25-5/h21H,8-20H2,1-7H3. The van der Waals surface area contributed by atoms with Crippen LogP contribution in [0.25, 0.3) is 0 Å². The van der Waals surface area contributed by atoms with Crippen LogP contribution in [0.1, 0.15) is 111 Å². The largest absolute Gasteiger partial charge is 0.469 e. The van der Waals surface area contributed by atoms with Gasteiger partial charge in [-0.25, -0.2) is 0 Å². The molecule has 3 nitrogen and oxygen atoms in total. The van der Waals surface area contributed by atoms with Crippen molar-refractivity contribution in [3.8, 4) is 0 Å². The lowest BCUT2D eigenvalue weighted by molar-refractivity contribution is -0.140. The van der Waals surface area contributed by atoms with Gasteiger partial charge >= 0.3 is 5.97 Å². The van der Waals surface area contributed by atoms with Gasteiger partial charge in [-0.2, -0.15) is 0 Å². The van der Waals surface area contributed by atoms with Crippen LogP contribution in [0.3, 0.4) is 0 Å². The van der Waals surface area contributed by atoms with E-state index in [1.54, 1.807) is 0 Å². The summed E-state index contributed by atoms with van der Waals surface area (Å²) < 4.78 is 11.5. The van der Waals surface area contributed by atoms with E-state index in [0.29, 0.717) is 12.5 Å². The van der Waals surface area contributed by atoms with Crippen LogP contribution >= 0.6 is 0 Å². The van der Waals surface area contributed by atoms with Gasteiger partial charge in [0.1, 0.15) is 0 Å². The summed E-state index contributed by atoms with van der Waals surface area (Å²) in [6, 6.07) is 0. The number of hydrogen-bond donors (Lipinski definition) is 0. The van der Waals surface area contributed by atoms with E-state index in [1.807, 2.05) is 0 Å². The zero-order valence-electron chi connectivity index (χ0n) is 19.5. The molecule has 0 fully saturated rings. The Morgan fingerprint density at radius 3 is 1.81 bits per heavy atom. The van der Waals surface area contributed by atoms with E-state index in [-0.39, 0.29) is 11.0 Å². The van der Waals surface area contributed by atoms with Crippen LogP contribution in [0.4, 0.5) is 0 Å². The maximum atomic E-state index is 11.1. The minimum Gasteiger partial charge on any atom is -0.469 e. The van der Waals surface area contributed by atoms with E-state index in [1.165, 1.54) is 71.3 Å². The van der Waals surface area contributed by atoms with Gasteiger partial charge in [-0.05, 0) is 37.4 Å². The Kier molecular flexibility index (Phi) is 14.4. The van der Waals surface area contributed by atoms with Crippen LogP contribution in [-0.2, 0) is 14.0 Å². The van der Waals surface area contributed by atoms with Gasteiger partial charge in [0.15, 0.2) is 8.32 Å². The third-order valence-corrected chi connectivity index (χ3v) is 10.6. The molecule has 4 heteroatoms. The van der Waals surface area contributed by atoms with E-state index in [0.717, 1.165) is 12.8 Å². The minimum atomic E-state index is -1.69. The molecule has 0 aromatic carbocycles. The third kappa shape index (κ3) is 13.5. The van der Waals surface area contributed by atoms with Crippen molar-refractivity contribution in [2.24, 2.45) is 0 Å². The highest BCUT2D eigenvalue weighted by molar-refractivity contribution is 6.74. The highest BCUT2D eigenvalue weighted by Gasteiger charge is 2.38. The van der Waals surface area contributed by atoms with Gasteiger partial charge in [0.05, 0.1) is 7.11 Å². The monoisotopic (exact) mass is 400 g/mol. The molecule has 27 heavy (non-hydrogen) atoms. The molecule has 0 bridgehead atoms. The number of carbonyl (C=O) groups is 1. The molecular formula is C23H48O3Si. The van der Waals surface area contributed by atoms with Crippen LogP contribution in [0.5, 0.6) is 0 Å². The Labute approximate surface area is 171 Å². The van der Waals surface area contributed by atoms with Crippen LogP contribution < -0.4 is 0 Å². The maximum Gasteiger partial charge on any atom is 0.305 e. The normalized spacial score (nSPS) is 13.6. The SMILES string of the molecule is CCCCCCCC(CCCCCCCC(=O)OC)O[Si](C)(C)C(C)(C)C. The Hall–Kier alpha value is -0.353. The lowest BCUT2D eigenvalue weighted by atomic mass is 10.0. The van der Waals surface area contributed by atoms with Gasteiger partial charge in [-0.1, -0.05) is 85.5 Å². The van der Waals surface area contributed by atoms with E-state index in [2.05, 4.69) is 40.8 Å². The van der Waals surface area contributed by atoms with Crippen molar-refractivity contribution in [1.29, 1.82) is 0 Å². The fourth-order valence-electron chi connectivity index (χ4n) is 3.10. The quantitative estimate of drug-likeness (QED) is 0.152. The number of carbonyl (C=O) groups excluding carboxylic acids is 1. The average molecular weight is 401 g/mol. The Morgan fingerprint density at radius 1 is 0.852 bits per heavy atom. The Bertz CT molecular complexity index is 374. The fourth-order valence-corrected chi connectivity index (χ4v) is 4.53. The molecule has 0 aromatic heterocycles. The van der Waals surface area contributed by atoms with E-state index in [9.17, 15) is 4.79 Å². The number of hydrogen-bond acceptors (Lipinski definition) is 3. The molecule has 0 spiro atoms. The summed E-state index contributed by atoms with van der Waals surface area (Å²) >= 11 is 0. The first kappa shape index (κ1) is 26.6.